The Balaban J connectivity index is 1.96. The quantitative estimate of drug-likeness (QED) is 0.755. The summed E-state index contributed by atoms with van der Waals surface area (Å²) >= 11 is 3.41. The molecule has 1 aromatic carbocycles. The minimum absolute atomic E-state index is 0.650. The van der Waals surface area contributed by atoms with Crippen LogP contribution in [-0.2, 0) is 0 Å². The van der Waals surface area contributed by atoms with E-state index in [1.165, 1.54) is 0 Å². The summed E-state index contributed by atoms with van der Waals surface area (Å²) in [6.07, 6.45) is 3.54. The van der Waals surface area contributed by atoms with Crippen LogP contribution in [0.15, 0.2) is 53.3 Å². The van der Waals surface area contributed by atoms with Gasteiger partial charge in [-0.2, -0.15) is 0 Å². The molecule has 0 radical (unpaired) electrons. The molecule has 0 fully saturated rings. The number of anilines is 2. The zero-order valence-electron chi connectivity index (χ0n) is 11.5. The third kappa shape index (κ3) is 3.13. The first kappa shape index (κ1) is 13.8. The van der Waals surface area contributed by atoms with E-state index in [0.29, 0.717) is 6.61 Å². The molecule has 0 unspecified atom stereocenters. The number of benzene rings is 1. The number of pyridine rings is 2. The maximum Gasteiger partial charge on any atom is 0.121 e. The summed E-state index contributed by atoms with van der Waals surface area (Å²) in [6, 6.07) is 11.7. The van der Waals surface area contributed by atoms with Gasteiger partial charge in [0, 0.05) is 28.6 Å². The number of hydrogen-bond acceptors (Lipinski definition) is 4. The summed E-state index contributed by atoms with van der Waals surface area (Å²) in [5.74, 6) is 0.844. The van der Waals surface area contributed by atoms with Crippen LogP contribution < -0.4 is 10.1 Å². The van der Waals surface area contributed by atoms with Crippen molar-refractivity contribution in [3.63, 3.8) is 0 Å². The second-order valence-electron chi connectivity index (χ2n) is 4.47. The lowest BCUT2D eigenvalue weighted by molar-refractivity contribution is 0.340. The van der Waals surface area contributed by atoms with Gasteiger partial charge in [0.15, 0.2) is 0 Å². The smallest absolute Gasteiger partial charge is 0.121 e. The first-order valence-corrected chi connectivity index (χ1v) is 7.45. The molecule has 0 spiro atoms. The van der Waals surface area contributed by atoms with Crippen molar-refractivity contribution in [3.05, 3.63) is 53.3 Å². The summed E-state index contributed by atoms with van der Waals surface area (Å²) in [4.78, 5) is 8.77. The largest absolute Gasteiger partial charge is 0.494 e. The van der Waals surface area contributed by atoms with Crippen molar-refractivity contribution in [1.29, 1.82) is 0 Å². The van der Waals surface area contributed by atoms with Crippen molar-refractivity contribution >= 4 is 38.3 Å². The van der Waals surface area contributed by atoms with Crippen molar-refractivity contribution in [2.45, 2.75) is 6.92 Å². The number of rotatable bonds is 4. The van der Waals surface area contributed by atoms with Crippen molar-refractivity contribution < 1.29 is 4.74 Å². The lowest BCUT2D eigenvalue weighted by Crippen LogP contribution is -1.96. The summed E-state index contributed by atoms with van der Waals surface area (Å²) in [5.41, 5.74) is 3.55. The number of nitrogens with one attached hydrogen (secondary N) is 1. The average molecular weight is 344 g/mol. The zero-order chi connectivity index (χ0) is 14.7. The van der Waals surface area contributed by atoms with E-state index in [0.717, 1.165) is 32.6 Å². The molecule has 0 bridgehead atoms. The van der Waals surface area contributed by atoms with E-state index in [4.69, 9.17) is 4.74 Å². The van der Waals surface area contributed by atoms with E-state index in [2.05, 4.69) is 31.2 Å². The number of nitrogens with zero attached hydrogens (tertiary/aromatic N) is 2. The Kier molecular flexibility index (Phi) is 4.01. The number of halogens is 1. The van der Waals surface area contributed by atoms with Gasteiger partial charge in [0.25, 0.3) is 0 Å². The maximum atomic E-state index is 5.51. The maximum absolute atomic E-state index is 5.51. The van der Waals surface area contributed by atoms with Crippen LogP contribution in [0.5, 0.6) is 5.75 Å². The van der Waals surface area contributed by atoms with E-state index < -0.39 is 0 Å². The minimum atomic E-state index is 0.650. The van der Waals surface area contributed by atoms with E-state index in [1.807, 2.05) is 43.3 Å². The Bertz CT molecular complexity index is 776. The Morgan fingerprint density at radius 2 is 2.10 bits per heavy atom. The van der Waals surface area contributed by atoms with Crippen LogP contribution in [0.3, 0.4) is 0 Å². The fourth-order valence-corrected chi connectivity index (χ4v) is 2.41. The Hall–Kier alpha value is -2.14. The van der Waals surface area contributed by atoms with Gasteiger partial charge in [0.05, 0.1) is 17.8 Å². The minimum Gasteiger partial charge on any atom is -0.494 e. The lowest BCUT2D eigenvalue weighted by atomic mass is 10.2. The van der Waals surface area contributed by atoms with Crippen LogP contribution >= 0.6 is 15.9 Å². The second-order valence-corrected chi connectivity index (χ2v) is 5.38. The summed E-state index contributed by atoms with van der Waals surface area (Å²) in [6.45, 7) is 2.62. The van der Waals surface area contributed by atoms with Crippen LogP contribution in [0.4, 0.5) is 11.4 Å². The molecule has 0 aliphatic carbocycles. The number of hydrogen-bond donors (Lipinski definition) is 1. The highest BCUT2D eigenvalue weighted by Gasteiger charge is 2.05. The Morgan fingerprint density at radius 1 is 1.19 bits per heavy atom. The normalized spacial score (nSPS) is 10.6. The van der Waals surface area contributed by atoms with Gasteiger partial charge in [-0.1, -0.05) is 6.07 Å². The molecule has 106 valence electrons. The van der Waals surface area contributed by atoms with Gasteiger partial charge in [0.2, 0.25) is 0 Å². The van der Waals surface area contributed by atoms with Crippen LogP contribution in [-0.4, -0.2) is 16.6 Å². The number of ether oxygens (including phenoxy) is 1. The molecular weight excluding hydrogens is 330 g/mol. The van der Waals surface area contributed by atoms with Crippen molar-refractivity contribution in [2.24, 2.45) is 0 Å². The molecular formula is C16H14BrN3O. The molecule has 5 heteroatoms. The molecule has 0 aliphatic rings. The van der Waals surface area contributed by atoms with Gasteiger partial charge < -0.3 is 10.1 Å². The predicted octanol–water partition coefficient (Wildman–Crippen LogP) is 4.53. The van der Waals surface area contributed by atoms with Gasteiger partial charge in [-0.25, -0.2) is 0 Å². The third-order valence-electron chi connectivity index (χ3n) is 2.97. The van der Waals surface area contributed by atoms with E-state index >= 15 is 0 Å². The van der Waals surface area contributed by atoms with Crippen molar-refractivity contribution in [2.75, 3.05) is 11.9 Å². The zero-order valence-corrected chi connectivity index (χ0v) is 13.1. The highest BCUT2D eigenvalue weighted by atomic mass is 79.9. The molecule has 0 aliphatic heterocycles. The SMILES string of the molecule is CCOc1cccc(Nc2ccnc3cc(Br)cnc23)c1. The van der Waals surface area contributed by atoms with Crippen LogP contribution in [0.25, 0.3) is 11.0 Å². The first-order chi connectivity index (χ1) is 10.3. The Labute approximate surface area is 131 Å². The van der Waals surface area contributed by atoms with Crippen LogP contribution in [0.1, 0.15) is 6.92 Å². The third-order valence-corrected chi connectivity index (χ3v) is 3.40. The number of fused-ring (bicyclic) bond motifs is 1. The molecule has 3 rings (SSSR count). The van der Waals surface area contributed by atoms with Gasteiger partial charge in [0.1, 0.15) is 11.3 Å². The van der Waals surface area contributed by atoms with Crippen LogP contribution in [0, 0.1) is 0 Å². The summed E-state index contributed by atoms with van der Waals surface area (Å²) in [5, 5.41) is 3.37. The highest BCUT2D eigenvalue weighted by molar-refractivity contribution is 9.10. The summed E-state index contributed by atoms with van der Waals surface area (Å²) in [7, 11) is 0. The van der Waals surface area contributed by atoms with Gasteiger partial charge in [-0.15, -0.1) is 0 Å². The van der Waals surface area contributed by atoms with E-state index in [9.17, 15) is 0 Å². The first-order valence-electron chi connectivity index (χ1n) is 6.66. The highest BCUT2D eigenvalue weighted by Crippen LogP contribution is 2.26. The molecule has 0 amide bonds. The molecule has 0 atom stereocenters. The van der Waals surface area contributed by atoms with Crippen LogP contribution in [0.2, 0.25) is 0 Å². The molecule has 1 N–H and O–H groups in total. The fourth-order valence-electron chi connectivity index (χ4n) is 2.09. The van der Waals surface area contributed by atoms with E-state index in [1.54, 1.807) is 12.4 Å². The molecule has 0 saturated heterocycles. The van der Waals surface area contributed by atoms with Gasteiger partial charge >= 0.3 is 0 Å². The van der Waals surface area contributed by atoms with E-state index in [-0.39, 0.29) is 0 Å². The molecule has 4 nitrogen and oxygen atoms in total. The Morgan fingerprint density at radius 3 is 2.95 bits per heavy atom. The topological polar surface area (TPSA) is 47.0 Å². The van der Waals surface area contributed by atoms with Crippen molar-refractivity contribution in [1.82, 2.24) is 9.97 Å². The second kappa shape index (κ2) is 6.10. The molecule has 3 aromatic rings. The molecule has 21 heavy (non-hydrogen) atoms. The molecule has 2 heterocycles. The lowest BCUT2D eigenvalue weighted by Gasteiger charge is -2.10. The van der Waals surface area contributed by atoms with Gasteiger partial charge in [-0.3, -0.25) is 9.97 Å². The molecule has 2 aromatic heterocycles. The monoisotopic (exact) mass is 343 g/mol. The number of aromatic nitrogens is 2. The fraction of sp³-hybridized carbons (Fsp3) is 0.125. The molecule has 0 saturated carbocycles. The predicted molar refractivity (Wildman–Crippen MR) is 88.1 cm³/mol. The summed E-state index contributed by atoms with van der Waals surface area (Å²) < 4.78 is 6.43. The van der Waals surface area contributed by atoms with Gasteiger partial charge in [-0.05, 0) is 47.1 Å². The standard InChI is InChI=1S/C16H14BrN3O/c1-2-21-13-5-3-4-12(9-13)20-14-6-7-18-15-8-11(17)10-19-16(14)15/h3-10H,2H2,1H3,(H,18,20). The average Bonchev–Trinajstić information content (AvgIpc) is 2.48. The van der Waals surface area contributed by atoms with Crippen molar-refractivity contribution in [3.8, 4) is 5.75 Å².